The minimum atomic E-state index is -0.177. The van der Waals surface area contributed by atoms with Crippen LogP contribution in [0.4, 0.5) is 11.4 Å². The molecule has 0 atom stereocenters. The lowest BCUT2D eigenvalue weighted by atomic mass is 10.1. The highest BCUT2D eigenvalue weighted by Gasteiger charge is 2.19. The molecule has 0 spiro atoms. The summed E-state index contributed by atoms with van der Waals surface area (Å²) in [6, 6.07) is 6.20. The Labute approximate surface area is 148 Å². The summed E-state index contributed by atoms with van der Waals surface area (Å²) < 4.78 is 5.08. The number of nitrogens with one attached hydrogen (secondary N) is 1. The Morgan fingerprint density at radius 1 is 1.20 bits per heavy atom. The van der Waals surface area contributed by atoms with Crippen molar-refractivity contribution in [3.8, 4) is 0 Å². The van der Waals surface area contributed by atoms with Crippen molar-refractivity contribution in [1.82, 2.24) is 10.1 Å². The predicted molar refractivity (Wildman–Crippen MR) is 99.4 cm³/mol. The maximum absolute atomic E-state index is 12.5. The molecule has 2 aromatic rings. The van der Waals surface area contributed by atoms with Gasteiger partial charge in [0.1, 0.15) is 11.3 Å². The van der Waals surface area contributed by atoms with Crippen LogP contribution in [0.3, 0.4) is 0 Å². The summed E-state index contributed by atoms with van der Waals surface area (Å²) >= 11 is 0. The first kappa shape index (κ1) is 17.5. The zero-order valence-electron chi connectivity index (χ0n) is 15.4. The maximum Gasteiger partial charge on any atom is 0.261 e. The Morgan fingerprint density at radius 3 is 2.48 bits per heavy atom. The largest absolute Gasteiger partial charge is 0.369 e. The Morgan fingerprint density at radius 2 is 1.92 bits per heavy atom. The molecule has 1 saturated heterocycles. The highest BCUT2D eigenvalue weighted by Crippen LogP contribution is 2.25. The molecule has 134 valence electrons. The van der Waals surface area contributed by atoms with Crippen LogP contribution in [-0.4, -0.2) is 48.7 Å². The summed E-state index contributed by atoms with van der Waals surface area (Å²) in [4.78, 5) is 17.4. The average Bonchev–Trinajstić information content (AvgIpc) is 2.95. The molecular formula is C19H26N4O2. The van der Waals surface area contributed by atoms with Crippen molar-refractivity contribution in [1.29, 1.82) is 0 Å². The van der Waals surface area contributed by atoms with Crippen LogP contribution < -0.4 is 10.2 Å². The van der Waals surface area contributed by atoms with Crippen molar-refractivity contribution < 1.29 is 9.32 Å². The third-order valence-electron chi connectivity index (χ3n) is 4.90. The molecular weight excluding hydrogens is 316 g/mol. The second-order valence-electron chi connectivity index (χ2n) is 6.57. The average molecular weight is 342 g/mol. The topological polar surface area (TPSA) is 61.6 Å². The minimum absolute atomic E-state index is 0.177. The molecule has 1 amide bonds. The van der Waals surface area contributed by atoms with Crippen LogP contribution in [0, 0.1) is 20.8 Å². The second-order valence-corrected chi connectivity index (χ2v) is 6.57. The molecule has 0 radical (unpaired) electrons. The molecule has 1 aliphatic heterocycles. The summed E-state index contributed by atoms with van der Waals surface area (Å²) in [6.07, 6.45) is 0. The number of carbonyl (C=O) groups is 1. The molecule has 1 N–H and O–H groups in total. The Balaban J connectivity index is 1.71. The Hall–Kier alpha value is -2.34. The first-order valence-electron chi connectivity index (χ1n) is 8.81. The predicted octanol–water partition coefficient (Wildman–Crippen LogP) is 2.99. The lowest BCUT2D eigenvalue weighted by Crippen LogP contribution is -2.46. The van der Waals surface area contributed by atoms with Gasteiger partial charge in [-0.2, -0.15) is 0 Å². The zero-order valence-corrected chi connectivity index (χ0v) is 15.4. The fourth-order valence-corrected chi connectivity index (χ4v) is 3.30. The fourth-order valence-electron chi connectivity index (χ4n) is 3.30. The number of aromatic nitrogens is 1. The molecule has 3 rings (SSSR count). The van der Waals surface area contributed by atoms with Crippen molar-refractivity contribution in [3.63, 3.8) is 0 Å². The van der Waals surface area contributed by atoms with Gasteiger partial charge in [-0.25, -0.2) is 0 Å². The van der Waals surface area contributed by atoms with Gasteiger partial charge in [-0.1, -0.05) is 12.1 Å². The highest BCUT2D eigenvalue weighted by atomic mass is 16.5. The number of aryl methyl sites for hydroxylation is 3. The molecule has 1 aliphatic rings. The van der Waals surface area contributed by atoms with Crippen LogP contribution in [0.25, 0.3) is 0 Å². The number of anilines is 2. The van der Waals surface area contributed by atoms with E-state index in [1.165, 1.54) is 5.69 Å². The molecule has 1 fully saturated rings. The quantitative estimate of drug-likeness (QED) is 0.925. The smallest absolute Gasteiger partial charge is 0.261 e. The lowest BCUT2D eigenvalue weighted by Gasteiger charge is -2.35. The van der Waals surface area contributed by atoms with Crippen molar-refractivity contribution in [2.75, 3.05) is 42.9 Å². The maximum atomic E-state index is 12.5. The number of nitrogens with zero attached hydrogens (tertiary/aromatic N) is 3. The molecule has 0 saturated carbocycles. The number of benzene rings is 1. The van der Waals surface area contributed by atoms with Crippen LogP contribution in [0.1, 0.15) is 34.3 Å². The number of hydrogen-bond acceptors (Lipinski definition) is 5. The van der Waals surface area contributed by atoms with Gasteiger partial charge in [0, 0.05) is 37.6 Å². The highest BCUT2D eigenvalue weighted by molar-refractivity contribution is 6.06. The molecule has 25 heavy (non-hydrogen) atoms. The van der Waals surface area contributed by atoms with Crippen molar-refractivity contribution in [2.45, 2.75) is 27.7 Å². The van der Waals surface area contributed by atoms with E-state index < -0.39 is 0 Å². The van der Waals surface area contributed by atoms with E-state index in [1.54, 1.807) is 13.8 Å². The molecule has 2 heterocycles. The van der Waals surface area contributed by atoms with Gasteiger partial charge < -0.3 is 19.6 Å². The van der Waals surface area contributed by atoms with Gasteiger partial charge >= 0.3 is 0 Å². The molecule has 6 heteroatoms. The van der Waals surface area contributed by atoms with E-state index in [4.69, 9.17) is 4.52 Å². The van der Waals surface area contributed by atoms with E-state index in [2.05, 4.69) is 39.3 Å². The molecule has 1 aromatic heterocycles. The second kappa shape index (κ2) is 7.27. The van der Waals surface area contributed by atoms with Crippen LogP contribution in [0.5, 0.6) is 0 Å². The fraction of sp³-hybridized carbons (Fsp3) is 0.474. The molecule has 6 nitrogen and oxygen atoms in total. The van der Waals surface area contributed by atoms with Crippen molar-refractivity contribution in [3.05, 3.63) is 40.8 Å². The van der Waals surface area contributed by atoms with E-state index in [-0.39, 0.29) is 5.91 Å². The molecule has 1 aromatic carbocycles. The summed E-state index contributed by atoms with van der Waals surface area (Å²) in [5.74, 6) is 0.363. The van der Waals surface area contributed by atoms with E-state index in [9.17, 15) is 4.79 Å². The summed E-state index contributed by atoms with van der Waals surface area (Å²) in [5.41, 5.74) is 4.21. The standard InChI is InChI=1S/C19H26N4O2/c1-5-22-8-10-23(11-9-22)16-6-7-17(13(2)12-16)20-19(24)18-14(3)21-25-15(18)4/h6-7,12H,5,8-11H2,1-4H3,(H,20,24). The molecule has 0 aliphatic carbocycles. The third-order valence-corrected chi connectivity index (χ3v) is 4.90. The van der Waals surface area contributed by atoms with E-state index in [0.717, 1.165) is 44.0 Å². The normalized spacial score (nSPS) is 15.4. The van der Waals surface area contributed by atoms with Crippen LogP contribution in [-0.2, 0) is 0 Å². The SMILES string of the molecule is CCN1CCN(c2ccc(NC(=O)c3c(C)noc3C)c(C)c2)CC1. The van der Waals surface area contributed by atoms with Gasteiger partial charge in [-0.15, -0.1) is 0 Å². The van der Waals surface area contributed by atoms with Crippen LogP contribution >= 0.6 is 0 Å². The van der Waals surface area contributed by atoms with Crippen LogP contribution in [0.2, 0.25) is 0 Å². The Kier molecular flexibility index (Phi) is 5.08. The van der Waals surface area contributed by atoms with E-state index in [0.29, 0.717) is 17.0 Å². The van der Waals surface area contributed by atoms with Crippen molar-refractivity contribution in [2.24, 2.45) is 0 Å². The van der Waals surface area contributed by atoms with E-state index >= 15 is 0 Å². The molecule has 0 bridgehead atoms. The first-order valence-corrected chi connectivity index (χ1v) is 8.81. The summed E-state index contributed by atoms with van der Waals surface area (Å²) in [6.45, 7) is 13.1. The van der Waals surface area contributed by atoms with Gasteiger partial charge in [0.2, 0.25) is 0 Å². The zero-order chi connectivity index (χ0) is 18.0. The van der Waals surface area contributed by atoms with Gasteiger partial charge in [-0.3, -0.25) is 4.79 Å². The van der Waals surface area contributed by atoms with Gasteiger partial charge in [0.25, 0.3) is 5.91 Å². The number of rotatable bonds is 4. The Bertz CT molecular complexity index is 741. The minimum Gasteiger partial charge on any atom is -0.369 e. The third kappa shape index (κ3) is 3.69. The number of hydrogen-bond donors (Lipinski definition) is 1. The number of amides is 1. The lowest BCUT2D eigenvalue weighted by molar-refractivity contribution is 0.102. The van der Waals surface area contributed by atoms with E-state index in [1.807, 2.05) is 13.0 Å². The summed E-state index contributed by atoms with van der Waals surface area (Å²) in [7, 11) is 0. The van der Waals surface area contributed by atoms with Gasteiger partial charge in [0.15, 0.2) is 0 Å². The number of likely N-dealkylation sites (N-methyl/N-ethyl adjacent to an activating group) is 1. The van der Waals surface area contributed by atoms with Crippen molar-refractivity contribution >= 4 is 17.3 Å². The van der Waals surface area contributed by atoms with Gasteiger partial charge in [0.05, 0.1) is 5.69 Å². The molecule has 0 unspecified atom stereocenters. The first-order chi connectivity index (χ1) is 12.0. The monoisotopic (exact) mass is 342 g/mol. The van der Waals surface area contributed by atoms with Gasteiger partial charge in [-0.05, 0) is 51.1 Å². The number of carbonyl (C=O) groups excluding carboxylic acids is 1. The number of piperazine rings is 1. The van der Waals surface area contributed by atoms with Crippen LogP contribution in [0.15, 0.2) is 22.7 Å². The summed E-state index contributed by atoms with van der Waals surface area (Å²) in [5, 5.41) is 6.82.